The first-order valence-corrected chi connectivity index (χ1v) is 12.9. The van der Waals surface area contributed by atoms with Crippen molar-refractivity contribution < 1.29 is 14.0 Å². The minimum Gasteiger partial charge on any atom is -0.367 e. The van der Waals surface area contributed by atoms with Gasteiger partial charge in [-0.05, 0) is 49.3 Å². The maximum Gasteiger partial charge on any atom is 0.244 e. The monoisotopic (exact) mass is 491 g/mol. The number of halogens is 1. The fraction of sp³-hybridized carbons (Fsp3) is 0.538. The molecule has 9 nitrogen and oxygen atoms in total. The van der Waals surface area contributed by atoms with Gasteiger partial charge in [0.05, 0.1) is 11.2 Å². The lowest BCUT2D eigenvalue weighted by atomic mass is 9.42. The molecule has 2 amide bonds. The Labute approximate surface area is 208 Å². The molecular formula is C26H30FN7O2. The Morgan fingerprint density at radius 2 is 1.97 bits per heavy atom. The van der Waals surface area contributed by atoms with E-state index in [0.29, 0.717) is 54.4 Å². The molecule has 4 heterocycles. The first-order chi connectivity index (χ1) is 17.4. The fourth-order valence-electron chi connectivity index (χ4n) is 6.90. The quantitative estimate of drug-likeness (QED) is 0.562. The second-order valence-electron chi connectivity index (χ2n) is 11.0. The Balaban J connectivity index is 1.21. The van der Waals surface area contributed by atoms with Crippen LogP contribution in [0.5, 0.6) is 0 Å². The van der Waals surface area contributed by atoms with Crippen molar-refractivity contribution in [3.05, 3.63) is 35.8 Å². The van der Waals surface area contributed by atoms with Crippen molar-refractivity contribution >= 4 is 35.0 Å². The molecule has 0 unspecified atom stereocenters. The summed E-state index contributed by atoms with van der Waals surface area (Å²) >= 11 is 0. The molecule has 1 aromatic heterocycles. The molecule has 10 heteroatoms. The summed E-state index contributed by atoms with van der Waals surface area (Å²) in [5, 5.41) is 9.28. The number of amides is 2. The molecule has 5 fully saturated rings. The highest BCUT2D eigenvalue weighted by Crippen LogP contribution is 2.67. The third kappa shape index (κ3) is 2.90. The van der Waals surface area contributed by atoms with Gasteiger partial charge in [-0.25, -0.2) is 9.37 Å². The number of nitrogens with zero attached hydrogens (tertiary/aromatic N) is 4. The van der Waals surface area contributed by atoms with Gasteiger partial charge in [-0.3, -0.25) is 14.5 Å². The number of piperazine rings is 1. The molecule has 0 radical (unpaired) electrons. The summed E-state index contributed by atoms with van der Waals surface area (Å²) in [6.45, 7) is 5.89. The summed E-state index contributed by atoms with van der Waals surface area (Å²) in [5.41, 5.74) is 0.613. The smallest absolute Gasteiger partial charge is 0.244 e. The van der Waals surface area contributed by atoms with Crippen molar-refractivity contribution in [3.63, 3.8) is 0 Å². The molecule has 2 aromatic rings. The number of rotatable bonds is 4. The zero-order valence-electron chi connectivity index (χ0n) is 20.3. The summed E-state index contributed by atoms with van der Waals surface area (Å²) < 4.78 is 15.0. The number of hydrogen-bond acceptors (Lipinski definition) is 7. The predicted molar refractivity (Wildman–Crippen MR) is 133 cm³/mol. The molecule has 36 heavy (non-hydrogen) atoms. The van der Waals surface area contributed by atoms with Gasteiger partial charge in [0.2, 0.25) is 17.8 Å². The van der Waals surface area contributed by atoms with Crippen LogP contribution in [-0.2, 0) is 16.0 Å². The molecule has 2 saturated heterocycles. The summed E-state index contributed by atoms with van der Waals surface area (Å²) in [4.78, 5) is 40.0. The van der Waals surface area contributed by atoms with E-state index in [4.69, 9.17) is 4.98 Å². The van der Waals surface area contributed by atoms with Crippen molar-refractivity contribution in [2.75, 3.05) is 47.8 Å². The van der Waals surface area contributed by atoms with E-state index in [-0.39, 0.29) is 23.2 Å². The number of benzene rings is 1. The van der Waals surface area contributed by atoms with Gasteiger partial charge in [-0.2, -0.15) is 4.98 Å². The summed E-state index contributed by atoms with van der Waals surface area (Å²) in [6, 6.07) is 5.07. The van der Waals surface area contributed by atoms with Gasteiger partial charge in [0.25, 0.3) is 0 Å². The van der Waals surface area contributed by atoms with Crippen molar-refractivity contribution in [3.8, 4) is 0 Å². The number of carbonyl (C=O) groups is 2. The van der Waals surface area contributed by atoms with E-state index in [0.717, 1.165) is 44.6 Å². The zero-order chi connectivity index (χ0) is 24.7. The third-order valence-electron chi connectivity index (χ3n) is 9.32. The minimum absolute atomic E-state index is 0.133. The molecule has 3 aliphatic heterocycles. The van der Waals surface area contributed by atoms with Crippen LogP contribution in [0.25, 0.3) is 0 Å². The van der Waals surface area contributed by atoms with E-state index in [2.05, 4.69) is 27.9 Å². The molecular weight excluding hydrogens is 461 g/mol. The Bertz CT molecular complexity index is 1270. The van der Waals surface area contributed by atoms with Gasteiger partial charge in [0.15, 0.2) is 0 Å². The van der Waals surface area contributed by atoms with Crippen molar-refractivity contribution in [1.82, 2.24) is 20.6 Å². The van der Waals surface area contributed by atoms with Crippen LogP contribution in [0.2, 0.25) is 0 Å². The van der Waals surface area contributed by atoms with Crippen LogP contribution >= 0.6 is 0 Å². The lowest BCUT2D eigenvalue weighted by Crippen LogP contribution is -2.78. The van der Waals surface area contributed by atoms with Crippen LogP contribution in [0.4, 0.5) is 27.5 Å². The Morgan fingerprint density at radius 3 is 2.61 bits per heavy atom. The van der Waals surface area contributed by atoms with E-state index < -0.39 is 5.41 Å². The average Bonchev–Trinajstić information content (AvgIpc) is 3.22. The van der Waals surface area contributed by atoms with E-state index in [9.17, 15) is 14.0 Å². The van der Waals surface area contributed by atoms with Gasteiger partial charge in [-0.1, -0.05) is 6.92 Å². The van der Waals surface area contributed by atoms with Gasteiger partial charge in [0, 0.05) is 56.6 Å². The summed E-state index contributed by atoms with van der Waals surface area (Å²) in [7, 11) is 0. The number of fused-ring (bicyclic) bond motifs is 1. The first-order valence-electron chi connectivity index (χ1n) is 12.9. The van der Waals surface area contributed by atoms with Crippen LogP contribution in [0, 0.1) is 23.1 Å². The molecule has 2 atom stereocenters. The van der Waals surface area contributed by atoms with E-state index in [1.807, 2.05) is 15.9 Å². The molecule has 2 bridgehead atoms. The Kier molecular flexibility index (Phi) is 4.65. The molecule has 1 spiro atoms. The van der Waals surface area contributed by atoms with Crippen LogP contribution in [0.15, 0.2) is 24.4 Å². The van der Waals surface area contributed by atoms with E-state index >= 15 is 0 Å². The van der Waals surface area contributed by atoms with Gasteiger partial charge in [-0.15, -0.1) is 0 Å². The Morgan fingerprint density at radius 1 is 1.17 bits per heavy atom. The maximum absolute atomic E-state index is 15.0. The summed E-state index contributed by atoms with van der Waals surface area (Å²) in [5.74, 6) is 1.29. The molecule has 188 valence electrons. The zero-order valence-corrected chi connectivity index (χ0v) is 20.3. The van der Waals surface area contributed by atoms with Gasteiger partial charge < -0.3 is 20.9 Å². The highest BCUT2D eigenvalue weighted by molar-refractivity contribution is 6.15. The highest BCUT2D eigenvalue weighted by Gasteiger charge is 2.71. The summed E-state index contributed by atoms with van der Waals surface area (Å²) in [6.07, 6.45) is 4.42. The Hall–Kier alpha value is -3.27. The normalized spacial score (nSPS) is 32.6. The van der Waals surface area contributed by atoms with Crippen LogP contribution in [-0.4, -0.2) is 60.0 Å². The number of hydrogen-bond donors (Lipinski definition) is 3. The lowest BCUT2D eigenvalue weighted by Gasteiger charge is -2.71. The topological polar surface area (TPSA) is 102 Å². The van der Waals surface area contributed by atoms with Crippen LogP contribution in [0.1, 0.15) is 31.7 Å². The first kappa shape index (κ1) is 22.0. The molecule has 1 aromatic carbocycles. The number of nitrogens with one attached hydrogen (secondary N) is 3. The highest BCUT2D eigenvalue weighted by atomic mass is 19.1. The SMILES string of the molecule is C[C@@H]1C2CC1(N1C(=O)[C@@]3(CCNC3=O)Cc3cnc(Nc4ccc(N5CCNCC5)c(F)c4)nc31)C2. The molecule has 8 rings (SSSR count). The number of carbonyl (C=O) groups excluding carboxylic acids is 2. The number of anilines is 4. The molecule has 3 N–H and O–H groups in total. The fourth-order valence-corrected chi connectivity index (χ4v) is 6.90. The van der Waals surface area contributed by atoms with Crippen molar-refractivity contribution in [2.24, 2.45) is 17.3 Å². The van der Waals surface area contributed by atoms with Crippen molar-refractivity contribution in [2.45, 2.75) is 38.1 Å². The predicted octanol–water partition coefficient (Wildman–Crippen LogP) is 1.96. The van der Waals surface area contributed by atoms with E-state index in [1.165, 1.54) is 6.07 Å². The molecule has 3 aliphatic carbocycles. The van der Waals surface area contributed by atoms with Gasteiger partial charge >= 0.3 is 0 Å². The second-order valence-corrected chi connectivity index (χ2v) is 11.0. The second kappa shape index (κ2) is 7.61. The lowest BCUT2D eigenvalue weighted by molar-refractivity contribution is -0.151. The molecule has 6 aliphatic rings. The maximum atomic E-state index is 15.0. The van der Waals surface area contributed by atoms with Crippen LogP contribution < -0.4 is 25.8 Å². The van der Waals surface area contributed by atoms with Gasteiger partial charge in [0.1, 0.15) is 17.1 Å². The minimum atomic E-state index is -1.07. The van der Waals surface area contributed by atoms with Crippen molar-refractivity contribution in [1.29, 1.82) is 0 Å². The standard InChI is InChI=1S/C26H30FN7O2/c1-15-16-12-26(15,13-16)34-21-17(11-25(23(34)36)4-5-29-22(25)35)14-30-24(32-21)31-18-2-3-20(19(27)10-18)33-8-6-28-7-9-33/h2-3,10,14-16,28H,4-9,11-13H2,1H3,(H,29,35)(H,30,31,32)/t15-,16?,25+,26?/m1/s1. The van der Waals surface area contributed by atoms with E-state index in [1.54, 1.807) is 12.3 Å². The van der Waals surface area contributed by atoms with Crippen LogP contribution in [0.3, 0.4) is 0 Å². The molecule has 3 saturated carbocycles. The number of aromatic nitrogens is 2. The third-order valence-corrected chi connectivity index (χ3v) is 9.32. The average molecular weight is 492 g/mol. The largest absolute Gasteiger partial charge is 0.367 e.